The Bertz CT molecular complexity index is 323. The zero-order chi connectivity index (χ0) is 14.0. The van der Waals surface area contributed by atoms with Crippen molar-refractivity contribution < 1.29 is 4.79 Å². The van der Waals surface area contributed by atoms with Crippen LogP contribution in [0.2, 0.25) is 0 Å². The van der Waals surface area contributed by atoms with Crippen LogP contribution in [0.25, 0.3) is 0 Å². The lowest BCUT2D eigenvalue weighted by Crippen LogP contribution is -2.55. The van der Waals surface area contributed by atoms with Crippen molar-refractivity contribution in [2.24, 2.45) is 11.7 Å². The van der Waals surface area contributed by atoms with Crippen molar-refractivity contribution in [2.45, 2.75) is 70.5 Å². The van der Waals surface area contributed by atoms with Crippen molar-refractivity contribution >= 4 is 5.91 Å². The van der Waals surface area contributed by atoms with Crippen LogP contribution >= 0.6 is 0 Å². The van der Waals surface area contributed by atoms with Crippen molar-refractivity contribution in [2.75, 3.05) is 13.1 Å². The highest BCUT2D eigenvalue weighted by atomic mass is 16.1. The third kappa shape index (κ3) is 4.46. The van der Waals surface area contributed by atoms with Crippen LogP contribution < -0.4 is 11.1 Å². The van der Waals surface area contributed by atoms with E-state index in [9.17, 15) is 4.79 Å². The number of nitrogens with two attached hydrogens (primary N) is 1. The second-order valence-electron chi connectivity index (χ2n) is 6.98. The van der Waals surface area contributed by atoms with Crippen molar-refractivity contribution in [3.05, 3.63) is 0 Å². The molecular formula is C15H29N3O. The summed E-state index contributed by atoms with van der Waals surface area (Å²) in [6.45, 7) is 8.58. The average Bonchev–Trinajstić information content (AvgIpc) is 3.15. The van der Waals surface area contributed by atoms with Gasteiger partial charge < -0.3 is 16.0 Å². The van der Waals surface area contributed by atoms with Gasteiger partial charge in [0.2, 0.25) is 5.91 Å². The van der Waals surface area contributed by atoms with Crippen LogP contribution in [0.3, 0.4) is 0 Å². The molecule has 0 spiro atoms. The van der Waals surface area contributed by atoms with Crippen LogP contribution in [0.5, 0.6) is 0 Å². The van der Waals surface area contributed by atoms with Gasteiger partial charge in [0.1, 0.15) is 0 Å². The van der Waals surface area contributed by atoms with Crippen molar-refractivity contribution in [3.63, 3.8) is 0 Å². The van der Waals surface area contributed by atoms with Gasteiger partial charge in [0.15, 0.2) is 0 Å². The van der Waals surface area contributed by atoms with Crippen LogP contribution in [0.4, 0.5) is 0 Å². The number of carbonyl (C=O) groups is 1. The van der Waals surface area contributed by atoms with E-state index in [0.717, 1.165) is 25.6 Å². The van der Waals surface area contributed by atoms with E-state index < -0.39 is 5.54 Å². The molecule has 19 heavy (non-hydrogen) atoms. The van der Waals surface area contributed by atoms with Gasteiger partial charge in [0.05, 0.1) is 5.54 Å². The maximum Gasteiger partial charge on any atom is 0.237 e. The molecule has 0 bridgehead atoms. The van der Waals surface area contributed by atoms with E-state index in [1.54, 1.807) is 0 Å². The quantitative estimate of drug-likeness (QED) is 0.665. The average molecular weight is 267 g/mol. The summed E-state index contributed by atoms with van der Waals surface area (Å²) >= 11 is 0. The van der Waals surface area contributed by atoms with E-state index in [4.69, 9.17) is 5.73 Å². The van der Waals surface area contributed by atoms with Gasteiger partial charge in [-0.1, -0.05) is 13.8 Å². The van der Waals surface area contributed by atoms with Crippen LogP contribution in [0, 0.1) is 5.92 Å². The van der Waals surface area contributed by atoms with Gasteiger partial charge in [0, 0.05) is 25.2 Å². The molecule has 0 radical (unpaired) electrons. The number of nitrogens with one attached hydrogen (secondary N) is 1. The van der Waals surface area contributed by atoms with E-state index in [1.807, 2.05) is 6.92 Å². The molecule has 1 unspecified atom stereocenters. The van der Waals surface area contributed by atoms with E-state index in [2.05, 4.69) is 24.1 Å². The van der Waals surface area contributed by atoms with E-state index >= 15 is 0 Å². The summed E-state index contributed by atoms with van der Waals surface area (Å²) in [7, 11) is 0. The Balaban J connectivity index is 1.86. The normalized spacial score (nSPS) is 22.8. The van der Waals surface area contributed by atoms with Crippen molar-refractivity contribution in [1.29, 1.82) is 0 Å². The molecule has 2 rings (SSSR count). The van der Waals surface area contributed by atoms with E-state index in [-0.39, 0.29) is 5.91 Å². The Morgan fingerprint density at radius 1 is 1.37 bits per heavy atom. The van der Waals surface area contributed by atoms with Gasteiger partial charge in [-0.05, 0) is 44.9 Å². The van der Waals surface area contributed by atoms with Gasteiger partial charge >= 0.3 is 0 Å². The Labute approximate surface area is 117 Å². The maximum atomic E-state index is 11.7. The Morgan fingerprint density at radius 3 is 2.42 bits per heavy atom. The molecule has 0 aliphatic heterocycles. The van der Waals surface area contributed by atoms with Crippen molar-refractivity contribution in [3.8, 4) is 0 Å². The van der Waals surface area contributed by atoms with Crippen LogP contribution in [0.1, 0.15) is 52.9 Å². The minimum atomic E-state index is -0.536. The smallest absolute Gasteiger partial charge is 0.237 e. The molecule has 110 valence electrons. The molecule has 2 saturated carbocycles. The second-order valence-corrected chi connectivity index (χ2v) is 6.98. The summed E-state index contributed by atoms with van der Waals surface area (Å²) in [5, 5.41) is 3.43. The molecule has 2 aliphatic rings. The zero-order valence-electron chi connectivity index (χ0n) is 12.6. The highest BCUT2D eigenvalue weighted by Gasteiger charge is 2.38. The first-order chi connectivity index (χ1) is 8.90. The monoisotopic (exact) mass is 267 g/mol. The predicted molar refractivity (Wildman–Crippen MR) is 77.8 cm³/mol. The molecule has 1 amide bonds. The fourth-order valence-corrected chi connectivity index (χ4v) is 2.64. The lowest BCUT2D eigenvalue weighted by molar-refractivity contribution is -0.124. The number of nitrogens with zero attached hydrogens (tertiary/aromatic N) is 1. The topological polar surface area (TPSA) is 58.4 Å². The lowest BCUT2D eigenvalue weighted by Gasteiger charge is -2.32. The first-order valence-corrected chi connectivity index (χ1v) is 7.72. The summed E-state index contributed by atoms with van der Waals surface area (Å²) in [4.78, 5) is 14.3. The number of hydrogen-bond acceptors (Lipinski definition) is 3. The first kappa shape index (κ1) is 14.8. The van der Waals surface area contributed by atoms with Gasteiger partial charge in [-0.25, -0.2) is 0 Å². The second kappa shape index (κ2) is 5.80. The molecule has 0 aromatic rings. The highest BCUT2D eigenvalue weighted by molar-refractivity contribution is 5.84. The fraction of sp³-hybridized carbons (Fsp3) is 0.933. The van der Waals surface area contributed by atoms with Crippen LogP contribution in [-0.2, 0) is 4.79 Å². The lowest BCUT2D eigenvalue weighted by atomic mass is 9.96. The fourth-order valence-electron chi connectivity index (χ4n) is 2.64. The van der Waals surface area contributed by atoms with E-state index in [1.165, 1.54) is 25.7 Å². The third-order valence-corrected chi connectivity index (χ3v) is 4.21. The van der Waals surface area contributed by atoms with Gasteiger partial charge in [-0.15, -0.1) is 0 Å². The van der Waals surface area contributed by atoms with E-state index in [0.29, 0.717) is 12.0 Å². The van der Waals surface area contributed by atoms with Gasteiger partial charge in [0.25, 0.3) is 0 Å². The molecule has 4 heteroatoms. The summed E-state index contributed by atoms with van der Waals surface area (Å²) in [6.07, 6.45) is 5.82. The van der Waals surface area contributed by atoms with Crippen LogP contribution in [-0.4, -0.2) is 41.5 Å². The molecule has 2 aliphatic carbocycles. The standard InChI is InChI=1S/C15H29N3O/c1-11(2)10-18(13-6-7-13)9-8-15(3,14(16)19)17-12-4-5-12/h11-13,17H,4-10H2,1-3H3,(H2,16,19). The van der Waals surface area contributed by atoms with Crippen LogP contribution in [0.15, 0.2) is 0 Å². The minimum absolute atomic E-state index is 0.209. The Morgan fingerprint density at radius 2 is 2.00 bits per heavy atom. The summed E-state index contributed by atoms with van der Waals surface area (Å²) in [6, 6.07) is 1.26. The Kier molecular flexibility index (Phi) is 4.51. The highest BCUT2D eigenvalue weighted by Crippen LogP contribution is 2.29. The number of carbonyl (C=O) groups excluding carboxylic acids is 1. The Hall–Kier alpha value is -0.610. The number of primary amides is 1. The van der Waals surface area contributed by atoms with Gasteiger partial charge in [-0.3, -0.25) is 4.79 Å². The molecule has 3 N–H and O–H groups in total. The molecule has 0 aromatic heterocycles. The van der Waals surface area contributed by atoms with Gasteiger partial charge in [-0.2, -0.15) is 0 Å². The molecular weight excluding hydrogens is 238 g/mol. The molecule has 1 atom stereocenters. The minimum Gasteiger partial charge on any atom is -0.368 e. The third-order valence-electron chi connectivity index (χ3n) is 4.21. The molecule has 0 heterocycles. The SMILES string of the molecule is CC(C)CN(CCC(C)(NC1CC1)C(N)=O)C1CC1. The summed E-state index contributed by atoms with van der Waals surface area (Å²) in [5.74, 6) is 0.469. The number of amides is 1. The maximum absolute atomic E-state index is 11.7. The largest absolute Gasteiger partial charge is 0.368 e. The number of hydrogen-bond donors (Lipinski definition) is 2. The van der Waals surface area contributed by atoms with Crippen molar-refractivity contribution in [1.82, 2.24) is 10.2 Å². The summed E-state index contributed by atoms with van der Waals surface area (Å²) < 4.78 is 0. The number of rotatable bonds is 9. The summed E-state index contributed by atoms with van der Waals surface area (Å²) in [5.41, 5.74) is 5.07. The molecule has 0 aromatic carbocycles. The molecule has 2 fully saturated rings. The molecule has 4 nitrogen and oxygen atoms in total. The first-order valence-electron chi connectivity index (χ1n) is 7.72. The predicted octanol–water partition coefficient (Wildman–Crippen LogP) is 1.49. The zero-order valence-corrected chi connectivity index (χ0v) is 12.6. The molecule has 0 saturated heterocycles.